The van der Waals surface area contributed by atoms with Crippen LogP contribution < -0.4 is 11.4 Å². The third kappa shape index (κ3) is 3.21. The lowest BCUT2D eigenvalue weighted by Gasteiger charge is -2.15. The first kappa shape index (κ1) is 14.2. The van der Waals surface area contributed by atoms with Gasteiger partial charge in [-0.05, 0) is 5.56 Å². The highest BCUT2D eigenvalue weighted by molar-refractivity contribution is 7.99. The Hall–Kier alpha value is -2.22. The molecule has 8 heteroatoms. The standard InChI is InChI=1S/C12H15N5O2S/c1-17-11(18)14-15-12(17)20-9(7-10(13)16-19)8-5-3-2-4-6-8/h2-6,9,19H,7H2,1H3,(H2,13,16)(H,14,18). The summed E-state index contributed by atoms with van der Waals surface area (Å²) in [5.41, 5.74) is 6.34. The Labute approximate surface area is 119 Å². The molecule has 20 heavy (non-hydrogen) atoms. The van der Waals surface area contributed by atoms with Crippen molar-refractivity contribution < 1.29 is 5.21 Å². The zero-order valence-corrected chi connectivity index (χ0v) is 11.7. The van der Waals surface area contributed by atoms with Gasteiger partial charge in [0.1, 0.15) is 5.84 Å². The fourth-order valence-corrected chi connectivity index (χ4v) is 2.83. The number of aromatic amines is 1. The van der Waals surface area contributed by atoms with Gasteiger partial charge in [-0.15, -0.1) is 5.10 Å². The van der Waals surface area contributed by atoms with Gasteiger partial charge in [-0.1, -0.05) is 47.2 Å². The van der Waals surface area contributed by atoms with Crippen LogP contribution in [0.25, 0.3) is 0 Å². The number of aromatic nitrogens is 3. The van der Waals surface area contributed by atoms with Gasteiger partial charge in [-0.2, -0.15) is 0 Å². The van der Waals surface area contributed by atoms with Crippen molar-refractivity contribution in [2.24, 2.45) is 17.9 Å². The zero-order chi connectivity index (χ0) is 14.5. The van der Waals surface area contributed by atoms with E-state index in [-0.39, 0.29) is 16.8 Å². The van der Waals surface area contributed by atoms with Crippen molar-refractivity contribution in [2.45, 2.75) is 16.8 Å². The quantitative estimate of drug-likeness (QED) is 0.251. The lowest BCUT2D eigenvalue weighted by atomic mass is 10.1. The van der Waals surface area contributed by atoms with Crippen LogP contribution in [0.15, 0.2) is 45.4 Å². The average Bonchev–Trinajstić information content (AvgIpc) is 2.79. The second-order valence-corrected chi connectivity index (χ2v) is 5.35. The Balaban J connectivity index is 2.27. The number of nitrogens with two attached hydrogens (primary N) is 1. The third-order valence-electron chi connectivity index (χ3n) is 2.78. The summed E-state index contributed by atoms with van der Waals surface area (Å²) in [6.45, 7) is 0. The average molecular weight is 293 g/mol. The highest BCUT2D eigenvalue weighted by Crippen LogP contribution is 2.35. The summed E-state index contributed by atoms with van der Waals surface area (Å²) < 4.78 is 1.42. The first-order valence-corrected chi connectivity index (χ1v) is 6.79. The van der Waals surface area contributed by atoms with Crippen molar-refractivity contribution in [3.63, 3.8) is 0 Å². The predicted molar refractivity (Wildman–Crippen MR) is 76.9 cm³/mol. The van der Waals surface area contributed by atoms with E-state index >= 15 is 0 Å². The second-order valence-electron chi connectivity index (χ2n) is 4.18. The zero-order valence-electron chi connectivity index (χ0n) is 10.9. The molecule has 2 rings (SSSR count). The van der Waals surface area contributed by atoms with Crippen LogP contribution in [0.5, 0.6) is 0 Å². The fourth-order valence-electron chi connectivity index (χ4n) is 1.69. The predicted octanol–water partition coefficient (Wildman–Crippen LogP) is 1.08. The molecule has 0 saturated heterocycles. The molecule has 1 aromatic carbocycles. The van der Waals surface area contributed by atoms with Crippen molar-refractivity contribution in [3.8, 4) is 0 Å². The summed E-state index contributed by atoms with van der Waals surface area (Å²) in [6, 6.07) is 9.65. The number of hydrogen-bond acceptors (Lipinski definition) is 5. The number of nitrogens with one attached hydrogen (secondary N) is 1. The molecule has 4 N–H and O–H groups in total. The van der Waals surface area contributed by atoms with Gasteiger partial charge in [0, 0.05) is 18.7 Å². The molecule has 0 aliphatic rings. The minimum atomic E-state index is -0.275. The van der Waals surface area contributed by atoms with E-state index in [1.165, 1.54) is 16.3 Å². The SMILES string of the molecule is Cn1c(SC(CC(N)=NO)c2ccccc2)n[nH]c1=O. The van der Waals surface area contributed by atoms with Crippen LogP contribution in [0.2, 0.25) is 0 Å². The van der Waals surface area contributed by atoms with Crippen molar-refractivity contribution >= 4 is 17.6 Å². The topological polar surface area (TPSA) is 109 Å². The number of thioether (sulfide) groups is 1. The maximum atomic E-state index is 11.4. The molecule has 1 atom stereocenters. The van der Waals surface area contributed by atoms with E-state index in [4.69, 9.17) is 10.9 Å². The Morgan fingerprint density at radius 1 is 1.55 bits per heavy atom. The first-order chi connectivity index (χ1) is 9.61. The lowest BCUT2D eigenvalue weighted by molar-refractivity contribution is 0.317. The fraction of sp³-hybridized carbons (Fsp3) is 0.250. The van der Waals surface area contributed by atoms with Gasteiger partial charge in [0.25, 0.3) is 0 Å². The molecule has 1 heterocycles. The summed E-state index contributed by atoms with van der Waals surface area (Å²) in [5.74, 6) is 0.131. The molecule has 0 radical (unpaired) electrons. The minimum Gasteiger partial charge on any atom is -0.409 e. The summed E-state index contributed by atoms with van der Waals surface area (Å²) >= 11 is 1.38. The van der Waals surface area contributed by atoms with Crippen LogP contribution in [-0.4, -0.2) is 25.8 Å². The molecule has 7 nitrogen and oxygen atoms in total. The van der Waals surface area contributed by atoms with E-state index in [1.807, 2.05) is 30.3 Å². The number of H-pyrrole nitrogens is 1. The van der Waals surface area contributed by atoms with Gasteiger partial charge in [-0.3, -0.25) is 4.57 Å². The summed E-state index contributed by atoms with van der Waals surface area (Å²) in [6.07, 6.45) is 0.353. The molecule has 0 aliphatic heterocycles. The van der Waals surface area contributed by atoms with Crippen molar-refractivity contribution in [3.05, 3.63) is 46.4 Å². The van der Waals surface area contributed by atoms with Crippen molar-refractivity contribution in [2.75, 3.05) is 0 Å². The molecule has 0 spiro atoms. The van der Waals surface area contributed by atoms with E-state index in [0.717, 1.165) is 5.56 Å². The van der Waals surface area contributed by atoms with Gasteiger partial charge < -0.3 is 10.9 Å². The molecular weight excluding hydrogens is 278 g/mol. The lowest BCUT2D eigenvalue weighted by Crippen LogP contribution is -2.16. The number of rotatable bonds is 5. The highest BCUT2D eigenvalue weighted by Gasteiger charge is 2.18. The number of hydrogen-bond donors (Lipinski definition) is 3. The molecule has 0 amide bonds. The van der Waals surface area contributed by atoms with Gasteiger partial charge in [-0.25, -0.2) is 9.89 Å². The van der Waals surface area contributed by atoms with E-state index in [2.05, 4.69) is 15.4 Å². The van der Waals surface area contributed by atoms with E-state index in [0.29, 0.717) is 11.6 Å². The Morgan fingerprint density at radius 2 is 2.25 bits per heavy atom. The van der Waals surface area contributed by atoms with Crippen LogP contribution in [0.3, 0.4) is 0 Å². The molecule has 1 aromatic heterocycles. The minimum absolute atomic E-state index is 0.0963. The van der Waals surface area contributed by atoms with Crippen molar-refractivity contribution in [1.29, 1.82) is 0 Å². The monoisotopic (exact) mass is 293 g/mol. The van der Waals surface area contributed by atoms with Crippen LogP contribution >= 0.6 is 11.8 Å². The molecular formula is C12H15N5O2S. The van der Waals surface area contributed by atoms with Crippen LogP contribution in [0, 0.1) is 0 Å². The van der Waals surface area contributed by atoms with E-state index in [1.54, 1.807) is 7.05 Å². The number of amidine groups is 1. The van der Waals surface area contributed by atoms with Crippen LogP contribution in [-0.2, 0) is 7.05 Å². The molecule has 0 bridgehead atoms. The normalized spacial score (nSPS) is 13.3. The molecule has 1 unspecified atom stereocenters. The van der Waals surface area contributed by atoms with E-state index < -0.39 is 0 Å². The Morgan fingerprint density at radius 3 is 2.80 bits per heavy atom. The van der Waals surface area contributed by atoms with Crippen LogP contribution in [0.1, 0.15) is 17.2 Å². The summed E-state index contributed by atoms with van der Waals surface area (Å²) in [7, 11) is 1.64. The van der Waals surface area contributed by atoms with Gasteiger partial charge in [0.05, 0.1) is 0 Å². The third-order valence-corrected chi connectivity index (χ3v) is 4.08. The summed E-state index contributed by atoms with van der Waals surface area (Å²) in [5, 5.41) is 18.5. The maximum absolute atomic E-state index is 11.4. The van der Waals surface area contributed by atoms with Crippen molar-refractivity contribution in [1.82, 2.24) is 14.8 Å². The number of nitrogens with zero attached hydrogens (tertiary/aromatic N) is 3. The van der Waals surface area contributed by atoms with E-state index in [9.17, 15) is 4.79 Å². The van der Waals surface area contributed by atoms with Crippen LogP contribution in [0.4, 0.5) is 0 Å². The van der Waals surface area contributed by atoms with Gasteiger partial charge >= 0.3 is 5.69 Å². The highest BCUT2D eigenvalue weighted by atomic mass is 32.2. The second kappa shape index (κ2) is 6.29. The number of benzene rings is 1. The van der Waals surface area contributed by atoms with Gasteiger partial charge in [0.15, 0.2) is 5.16 Å². The molecule has 0 aliphatic carbocycles. The molecule has 2 aromatic rings. The maximum Gasteiger partial charge on any atom is 0.343 e. The van der Waals surface area contributed by atoms with Gasteiger partial charge in [0.2, 0.25) is 0 Å². The molecule has 0 saturated carbocycles. The molecule has 106 valence electrons. The number of oxime groups is 1. The smallest absolute Gasteiger partial charge is 0.343 e. The Bertz CT molecular complexity index is 649. The largest absolute Gasteiger partial charge is 0.409 e. The first-order valence-electron chi connectivity index (χ1n) is 5.91. The summed E-state index contributed by atoms with van der Waals surface area (Å²) in [4.78, 5) is 11.4. The molecule has 0 fully saturated rings. The Kier molecular flexibility index (Phi) is 4.46.